The highest BCUT2D eigenvalue weighted by molar-refractivity contribution is 5.82. The summed E-state index contributed by atoms with van der Waals surface area (Å²) in [7, 11) is 0. The predicted octanol–water partition coefficient (Wildman–Crippen LogP) is 3.94. The molecule has 4 nitrogen and oxygen atoms in total. The summed E-state index contributed by atoms with van der Waals surface area (Å²) in [5, 5.41) is 6.50. The number of rotatable bonds is 5. The van der Waals surface area contributed by atoms with Gasteiger partial charge in [0.05, 0.1) is 0 Å². The molecule has 0 spiro atoms. The average Bonchev–Trinajstić information content (AvgIpc) is 2.60. The van der Waals surface area contributed by atoms with Gasteiger partial charge in [-0.1, -0.05) is 52.4 Å². The van der Waals surface area contributed by atoms with Crippen molar-refractivity contribution in [2.24, 2.45) is 17.3 Å². The molecule has 2 amide bonds. The van der Waals surface area contributed by atoms with Crippen molar-refractivity contribution in [2.75, 3.05) is 0 Å². The summed E-state index contributed by atoms with van der Waals surface area (Å²) in [4.78, 5) is 25.0. The lowest BCUT2D eigenvalue weighted by Crippen LogP contribution is -2.55. The maximum Gasteiger partial charge on any atom is 0.223 e. The maximum atomic E-state index is 12.6. The quantitative estimate of drug-likeness (QED) is 0.791. The fourth-order valence-corrected chi connectivity index (χ4v) is 5.11. The van der Waals surface area contributed by atoms with Crippen LogP contribution < -0.4 is 10.6 Å². The minimum absolute atomic E-state index is 0.0668. The van der Waals surface area contributed by atoms with Gasteiger partial charge in [-0.05, 0) is 43.4 Å². The van der Waals surface area contributed by atoms with E-state index in [0.717, 1.165) is 32.1 Å². The maximum absolute atomic E-state index is 12.6. The zero-order chi connectivity index (χ0) is 17.9. The Morgan fingerprint density at radius 1 is 0.840 bits per heavy atom. The van der Waals surface area contributed by atoms with Crippen LogP contribution in [0.2, 0.25) is 0 Å². The summed E-state index contributed by atoms with van der Waals surface area (Å²) in [6.07, 6.45) is 13.5. The zero-order valence-electron chi connectivity index (χ0n) is 16.1. The Bertz CT molecular complexity index is 476. The highest BCUT2D eigenvalue weighted by atomic mass is 16.2. The van der Waals surface area contributed by atoms with Crippen molar-refractivity contribution >= 4 is 11.8 Å². The summed E-state index contributed by atoms with van der Waals surface area (Å²) in [5.41, 5.74) is -0.0668. The lowest BCUT2D eigenvalue weighted by Gasteiger charge is -2.51. The van der Waals surface area contributed by atoms with E-state index in [1.54, 1.807) is 0 Å². The molecule has 25 heavy (non-hydrogen) atoms. The Hall–Kier alpha value is -1.06. The Balaban J connectivity index is 1.43. The second-order valence-corrected chi connectivity index (χ2v) is 9.26. The molecular formula is C21H36N2O2. The number of nitrogens with one attached hydrogen (secondary N) is 2. The molecule has 0 heterocycles. The van der Waals surface area contributed by atoms with Crippen molar-refractivity contribution < 1.29 is 9.59 Å². The van der Waals surface area contributed by atoms with E-state index in [4.69, 9.17) is 0 Å². The van der Waals surface area contributed by atoms with E-state index in [0.29, 0.717) is 24.4 Å². The van der Waals surface area contributed by atoms with Crippen molar-refractivity contribution in [2.45, 2.75) is 103 Å². The standard InChI is InChI=1S/C21H36N2O2/c1-21(2)15(14-19(24)22-16-9-5-3-6-10-16)13-18(21)20(25)23-17-11-7-4-8-12-17/h15-18H,3-14H2,1-2H3,(H,22,24)(H,23,25)/t15-,18-/m0/s1. The third kappa shape index (κ3) is 4.57. The van der Waals surface area contributed by atoms with Gasteiger partial charge >= 0.3 is 0 Å². The minimum atomic E-state index is -0.0668. The van der Waals surface area contributed by atoms with Crippen molar-refractivity contribution in [3.05, 3.63) is 0 Å². The van der Waals surface area contributed by atoms with Crippen LogP contribution in [0.3, 0.4) is 0 Å². The highest BCUT2D eigenvalue weighted by Crippen LogP contribution is 2.53. The van der Waals surface area contributed by atoms with Gasteiger partial charge in [-0.2, -0.15) is 0 Å². The monoisotopic (exact) mass is 348 g/mol. The Morgan fingerprint density at radius 2 is 1.36 bits per heavy atom. The van der Waals surface area contributed by atoms with Gasteiger partial charge in [0.25, 0.3) is 0 Å². The Labute approximate surface area is 152 Å². The SMILES string of the molecule is CC1(C)[C@H](CC(=O)NC2CCCCC2)C[C@H]1C(=O)NC1CCCCC1. The number of hydrogen-bond acceptors (Lipinski definition) is 2. The summed E-state index contributed by atoms with van der Waals surface area (Å²) in [5.74, 6) is 0.817. The minimum Gasteiger partial charge on any atom is -0.353 e. The van der Waals surface area contributed by atoms with Gasteiger partial charge in [0.1, 0.15) is 0 Å². The first-order valence-electron chi connectivity index (χ1n) is 10.6. The number of hydrogen-bond donors (Lipinski definition) is 2. The molecule has 0 aromatic heterocycles. The fourth-order valence-electron chi connectivity index (χ4n) is 5.11. The predicted molar refractivity (Wildman–Crippen MR) is 100 cm³/mol. The molecule has 4 heteroatoms. The third-order valence-electron chi connectivity index (χ3n) is 7.14. The van der Waals surface area contributed by atoms with Crippen molar-refractivity contribution in [1.29, 1.82) is 0 Å². The van der Waals surface area contributed by atoms with Gasteiger partial charge in [-0.15, -0.1) is 0 Å². The molecule has 0 aliphatic heterocycles. The zero-order valence-corrected chi connectivity index (χ0v) is 16.1. The number of amides is 2. The Morgan fingerprint density at radius 3 is 1.88 bits per heavy atom. The summed E-state index contributed by atoms with van der Waals surface area (Å²) in [6, 6.07) is 0.764. The molecule has 3 aliphatic carbocycles. The van der Waals surface area contributed by atoms with Crippen LogP contribution in [0.15, 0.2) is 0 Å². The van der Waals surface area contributed by atoms with E-state index in [1.807, 2.05) is 0 Å². The molecule has 0 unspecified atom stereocenters. The van der Waals surface area contributed by atoms with Crippen molar-refractivity contribution in [3.63, 3.8) is 0 Å². The van der Waals surface area contributed by atoms with Gasteiger partial charge in [-0.3, -0.25) is 9.59 Å². The van der Waals surface area contributed by atoms with Crippen molar-refractivity contribution in [3.8, 4) is 0 Å². The first-order chi connectivity index (χ1) is 12.0. The van der Waals surface area contributed by atoms with E-state index >= 15 is 0 Å². The van der Waals surface area contributed by atoms with Crippen LogP contribution in [0.5, 0.6) is 0 Å². The van der Waals surface area contributed by atoms with E-state index in [1.165, 1.54) is 38.5 Å². The molecule has 0 aromatic rings. The lowest BCUT2D eigenvalue weighted by molar-refractivity contribution is -0.145. The van der Waals surface area contributed by atoms with Gasteiger partial charge in [-0.25, -0.2) is 0 Å². The molecule has 2 N–H and O–H groups in total. The summed E-state index contributed by atoms with van der Waals surface area (Å²) in [6.45, 7) is 4.33. The van der Waals surface area contributed by atoms with E-state index in [2.05, 4.69) is 24.5 Å². The molecule has 0 aromatic carbocycles. The molecule has 3 aliphatic rings. The van der Waals surface area contributed by atoms with Crippen LogP contribution >= 0.6 is 0 Å². The van der Waals surface area contributed by atoms with Crippen LogP contribution in [0.1, 0.15) is 90.9 Å². The molecule has 3 fully saturated rings. The molecular weight excluding hydrogens is 312 g/mol. The first kappa shape index (κ1) is 18.7. The molecule has 0 saturated heterocycles. The van der Waals surface area contributed by atoms with Crippen LogP contribution in [-0.2, 0) is 9.59 Å². The Kier molecular flexibility index (Phi) is 6.06. The topological polar surface area (TPSA) is 58.2 Å². The second-order valence-electron chi connectivity index (χ2n) is 9.26. The molecule has 142 valence electrons. The second kappa shape index (κ2) is 8.09. The summed E-state index contributed by atoms with van der Waals surface area (Å²) >= 11 is 0. The van der Waals surface area contributed by atoms with E-state index in [9.17, 15) is 9.59 Å². The molecule has 0 radical (unpaired) electrons. The van der Waals surface area contributed by atoms with Crippen LogP contribution in [0.25, 0.3) is 0 Å². The fraction of sp³-hybridized carbons (Fsp3) is 0.905. The molecule has 2 atom stereocenters. The molecule has 3 rings (SSSR count). The highest BCUT2D eigenvalue weighted by Gasteiger charge is 2.52. The first-order valence-corrected chi connectivity index (χ1v) is 10.6. The van der Waals surface area contributed by atoms with Gasteiger partial charge in [0, 0.05) is 24.4 Å². The van der Waals surface area contributed by atoms with Crippen LogP contribution in [0.4, 0.5) is 0 Å². The largest absolute Gasteiger partial charge is 0.353 e. The lowest BCUT2D eigenvalue weighted by atomic mass is 9.53. The number of carbonyl (C=O) groups excluding carboxylic acids is 2. The third-order valence-corrected chi connectivity index (χ3v) is 7.14. The smallest absolute Gasteiger partial charge is 0.223 e. The molecule has 3 saturated carbocycles. The van der Waals surface area contributed by atoms with Crippen LogP contribution in [0, 0.1) is 17.3 Å². The van der Waals surface area contributed by atoms with Gasteiger partial charge in [0.15, 0.2) is 0 Å². The summed E-state index contributed by atoms with van der Waals surface area (Å²) < 4.78 is 0. The number of carbonyl (C=O) groups is 2. The average molecular weight is 349 g/mol. The van der Waals surface area contributed by atoms with Gasteiger partial charge < -0.3 is 10.6 Å². The normalized spacial score (nSPS) is 30.3. The van der Waals surface area contributed by atoms with E-state index in [-0.39, 0.29) is 23.1 Å². The van der Waals surface area contributed by atoms with E-state index < -0.39 is 0 Å². The molecule has 0 bridgehead atoms. The van der Waals surface area contributed by atoms with Crippen molar-refractivity contribution in [1.82, 2.24) is 10.6 Å². The van der Waals surface area contributed by atoms with Crippen LogP contribution in [-0.4, -0.2) is 23.9 Å². The van der Waals surface area contributed by atoms with Gasteiger partial charge in [0.2, 0.25) is 11.8 Å².